The molecule has 29 heavy (non-hydrogen) atoms. The maximum Gasteiger partial charge on any atom is 0.243 e. The quantitative estimate of drug-likeness (QED) is 0.612. The van der Waals surface area contributed by atoms with Crippen molar-refractivity contribution < 1.29 is 21.6 Å². The number of benzene rings is 2. The highest BCUT2D eigenvalue weighted by atomic mass is 32.2. The first-order valence-corrected chi connectivity index (χ1v) is 13.2. The Balaban J connectivity index is 2.03. The van der Waals surface area contributed by atoms with Crippen LogP contribution < -0.4 is 5.32 Å². The zero-order valence-electron chi connectivity index (χ0n) is 16.6. The molecule has 2 aromatic carbocycles. The van der Waals surface area contributed by atoms with E-state index in [0.29, 0.717) is 5.56 Å². The number of likely N-dealkylation sites (N-methyl/N-ethyl adjacent to an activating group) is 1. The standard InChI is InChI=1S/C19H24N2O5S3/c1-14(15-5-9-17(10-6-15)28(4,23)24)20-19(22)13-21(2)29(25,26)18-11-7-16(27-3)8-12-18/h5-12,14H,13H2,1-4H3,(H,20,22)/t14-/m1/s1. The van der Waals surface area contributed by atoms with Gasteiger partial charge in [-0.1, -0.05) is 12.1 Å². The number of carbonyl (C=O) groups is 1. The maximum absolute atomic E-state index is 12.6. The van der Waals surface area contributed by atoms with E-state index in [1.807, 2.05) is 6.26 Å². The average molecular weight is 457 g/mol. The molecule has 158 valence electrons. The molecule has 0 fully saturated rings. The highest BCUT2D eigenvalue weighted by molar-refractivity contribution is 7.98. The van der Waals surface area contributed by atoms with Crippen LogP contribution in [0.1, 0.15) is 18.5 Å². The Bertz CT molecular complexity index is 1060. The van der Waals surface area contributed by atoms with Crippen molar-refractivity contribution in [3.63, 3.8) is 0 Å². The molecule has 0 aromatic heterocycles. The largest absolute Gasteiger partial charge is 0.348 e. The molecule has 2 aromatic rings. The molecule has 0 aliphatic heterocycles. The lowest BCUT2D eigenvalue weighted by Gasteiger charge is -2.19. The third-order valence-corrected chi connectivity index (χ3v) is 8.01. The molecule has 0 spiro atoms. The second kappa shape index (κ2) is 9.29. The van der Waals surface area contributed by atoms with Gasteiger partial charge in [0.05, 0.1) is 22.4 Å². The fourth-order valence-electron chi connectivity index (χ4n) is 2.59. The van der Waals surface area contributed by atoms with E-state index >= 15 is 0 Å². The molecule has 0 aliphatic carbocycles. The Morgan fingerprint density at radius 2 is 1.52 bits per heavy atom. The van der Waals surface area contributed by atoms with E-state index in [4.69, 9.17) is 0 Å². The van der Waals surface area contributed by atoms with Crippen LogP contribution in [0.5, 0.6) is 0 Å². The highest BCUT2D eigenvalue weighted by Gasteiger charge is 2.23. The summed E-state index contributed by atoms with van der Waals surface area (Å²) in [5, 5.41) is 2.73. The minimum Gasteiger partial charge on any atom is -0.348 e. The van der Waals surface area contributed by atoms with Crippen molar-refractivity contribution in [2.75, 3.05) is 26.1 Å². The lowest BCUT2D eigenvalue weighted by atomic mass is 10.1. The summed E-state index contributed by atoms with van der Waals surface area (Å²) in [4.78, 5) is 13.6. The van der Waals surface area contributed by atoms with E-state index in [1.165, 1.54) is 43.1 Å². The number of rotatable bonds is 8. The molecule has 0 saturated heterocycles. The molecule has 1 N–H and O–H groups in total. The normalized spacial score (nSPS) is 13.3. The predicted molar refractivity (Wildman–Crippen MR) is 114 cm³/mol. The van der Waals surface area contributed by atoms with Gasteiger partial charge in [0.1, 0.15) is 0 Å². The smallest absolute Gasteiger partial charge is 0.243 e. The van der Waals surface area contributed by atoms with Crippen molar-refractivity contribution in [2.45, 2.75) is 27.7 Å². The molecule has 1 atom stereocenters. The van der Waals surface area contributed by atoms with Crippen molar-refractivity contribution in [1.29, 1.82) is 0 Å². The minimum absolute atomic E-state index is 0.120. The van der Waals surface area contributed by atoms with Crippen molar-refractivity contribution in [3.05, 3.63) is 54.1 Å². The Morgan fingerprint density at radius 1 is 1.00 bits per heavy atom. The number of hydrogen-bond donors (Lipinski definition) is 1. The van der Waals surface area contributed by atoms with Crippen LogP contribution in [0.3, 0.4) is 0 Å². The molecule has 0 bridgehead atoms. The number of carbonyl (C=O) groups excluding carboxylic acids is 1. The lowest BCUT2D eigenvalue weighted by Crippen LogP contribution is -2.39. The van der Waals surface area contributed by atoms with Gasteiger partial charge in [-0.3, -0.25) is 4.79 Å². The molecule has 0 aliphatic rings. The van der Waals surface area contributed by atoms with E-state index in [2.05, 4.69) is 5.32 Å². The minimum atomic E-state index is -3.78. The van der Waals surface area contributed by atoms with Gasteiger partial charge < -0.3 is 5.32 Å². The second-order valence-corrected chi connectivity index (χ2v) is 11.5. The average Bonchev–Trinajstić information content (AvgIpc) is 2.67. The van der Waals surface area contributed by atoms with E-state index in [9.17, 15) is 21.6 Å². The number of nitrogens with one attached hydrogen (secondary N) is 1. The third-order valence-electron chi connectivity index (χ3n) is 4.32. The molecule has 0 saturated carbocycles. The number of sulfonamides is 1. The van der Waals surface area contributed by atoms with E-state index in [1.54, 1.807) is 31.2 Å². The molecule has 7 nitrogen and oxygen atoms in total. The number of sulfone groups is 1. The lowest BCUT2D eigenvalue weighted by molar-refractivity contribution is -0.121. The summed E-state index contributed by atoms with van der Waals surface area (Å²) >= 11 is 1.51. The van der Waals surface area contributed by atoms with Gasteiger partial charge in [-0.25, -0.2) is 16.8 Å². The Labute approximate surface area is 176 Å². The van der Waals surface area contributed by atoms with Crippen LogP contribution in [0.4, 0.5) is 0 Å². The van der Waals surface area contributed by atoms with Crippen molar-refractivity contribution >= 4 is 37.5 Å². The second-order valence-electron chi connectivity index (χ2n) is 6.57. The number of amides is 1. The monoisotopic (exact) mass is 456 g/mol. The van der Waals surface area contributed by atoms with Gasteiger partial charge in [-0.15, -0.1) is 11.8 Å². The summed E-state index contributed by atoms with van der Waals surface area (Å²) in [5.41, 5.74) is 0.712. The van der Waals surface area contributed by atoms with Crippen LogP contribution in [0, 0.1) is 0 Å². The van der Waals surface area contributed by atoms with Gasteiger partial charge >= 0.3 is 0 Å². The van der Waals surface area contributed by atoms with Crippen molar-refractivity contribution in [1.82, 2.24) is 9.62 Å². The number of hydrogen-bond acceptors (Lipinski definition) is 6. The van der Waals surface area contributed by atoms with Gasteiger partial charge in [0.2, 0.25) is 15.9 Å². The predicted octanol–water partition coefficient (Wildman–Crippen LogP) is 2.31. The fraction of sp³-hybridized carbons (Fsp3) is 0.316. The van der Waals surface area contributed by atoms with E-state index in [0.717, 1.165) is 15.5 Å². The Kier molecular flexibility index (Phi) is 7.50. The van der Waals surface area contributed by atoms with Gasteiger partial charge in [-0.2, -0.15) is 4.31 Å². The highest BCUT2D eigenvalue weighted by Crippen LogP contribution is 2.20. The molecule has 1 amide bonds. The Hall–Kier alpha value is -1.88. The summed E-state index contributed by atoms with van der Waals surface area (Å²) in [6.45, 7) is 1.40. The summed E-state index contributed by atoms with van der Waals surface area (Å²) < 4.78 is 49.3. The van der Waals surface area contributed by atoms with Gasteiger partial charge in [-0.05, 0) is 55.1 Å². The van der Waals surface area contributed by atoms with Crippen LogP contribution in [0.2, 0.25) is 0 Å². The molecule has 0 heterocycles. The van der Waals surface area contributed by atoms with E-state index in [-0.39, 0.29) is 16.3 Å². The van der Waals surface area contributed by atoms with Crippen LogP contribution >= 0.6 is 11.8 Å². The first-order chi connectivity index (χ1) is 13.4. The summed E-state index contributed by atoms with van der Waals surface area (Å²) in [5.74, 6) is -0.462. The summed E-state index contributed by atoms with van der Waals surface area (Å²) in [6.07, 6.45) is 3.02. The SMILES string of the molecule is CSc1ccc(S(=O)(=O)N(C)CC(=O)N[C@H](C)c2ccc(S(C)(=O)=O)cc2)cc1. The first-order valence-electron chi connectivity index (χ1n) is 8.65. The zero-order valence-corrected chi connectivity index (χ0v) is 19.1. The van der Waals surface area contributed by atoms with Crippen LogP contribution in [0.15, 0.2) is 63.2 Å². The maximum atomic E-state index is 12.6. The molecule has 0 unspecified atom stereocenters. The Morgan fingerprint density at radius 3 is 2.00 bits per heavy atom. The van der Waals surface area contributed by atoms with Crippen LogP contribution in [-0.4, -0.2) is 53.2 Å². The van der Waals surface area contributed by atoms with Crippen LogP contribution in [0.25, 0.3) is 0 Å². The van der Waals surface area contributed by atoms with Gasteiger partial charge in [0.25, 0.3) is 0 Å². The summed E-state index contributed by atoms with van der Waals surface area (Å²) in [7, 11) is -5.73. The van der Waals surface area contributed by atoms with Crippen molar-refractivity contribution in [2.24, 2.45) is 0 Å². The zero-order chi connectivity index (χ0) is 21.8. The van der Waals surface area contributed by atoms with Gasteiger partial charge in [0, 0.05) is 18.2 Å². The van der Waals surface area contributed by atoms with Crippen LogP contribution in [-0.2, 0) is 24.7 Å². The molecular weight excluding hydrogens is 432 g/mol. The molecule has 10 heteroatoms. The topological polar surface area (TPSA) is 101 Å². The van der Waals surface area contributed by atoms with Gasteiger partial charge in [0.15, 0.2) is 9.84 Å². The molecular formula is C19H24N2O5S3. The number of thioether (sulfide) groups is 1. The first kappa shape index (κ1) is 23.4. The molecule has 0 radical (unpaired) electrons. The van der Waals surface area contributed by atoms with Crippen molar-refractivity contribution in [3.8, 4) is 0 Å². The third kappa shape index (κ3) is 6.05. The summed E-state index contributed by atoms with van der Waals surface area (Å²) in [6, 6.07) is 12.2. The van der Waals surface area contributed by atoms with E-state index < -0.39 is 31.8 Å². The fourth-order valence-corrected chi connectivity index (χ4v) is 4.75. The number of nitrogens with zero attached hydrogens (tertiary/aromatic N) is 1. The molecule has 2 rings (SSSR count).